The molecule has 0 aromatic heterocycles. The summed E-state index contributed by atoms with van der Waals surface area (Å²) < 4.78 is 38.7. The maximum atomic E-state index is 12.7. The lowest BCUT2D eigenvalue weighted by atomic mass is 10.4. The number of rotatable bonds is 9. The zero-order chi connectivity index (χ0) is 15.7. The van der Waals surface area contributed by atoms with Gasteiger partial charge in [0.25, 0.3) is 0 Å². The number of amides is 1. The van der Waals surface area contributed by atoms with E-state index in [0.717, 1.165) is 18.7 Å². The minimum atomic E-state index is -3.71. The number of carbonyl (C=O) groups excluding carboxylic acids is 1. The minimum absolute atomic E-state index is 0. The van der Waals surface area contributed by atoms with Crippen molar-refractivity contribution in [2.75, 3.05) is 26.2 Å². The summed E-state index contributed by atoms with van der Waals surface area (Å²) in [6, 6.07) is 4.49. The van der Waals surface area contributed by atoms with Gasteiger partial charge in [0, 0.05) is 26.1 Å². The molecule has 9 heteroatoms. The fourth-order valence-corrected chi connectivity index (χ4v) is 2.58. The molecule has 0 heterocycles. The molecule has 0 spiro atoms. The largest absolute Gasteiger partial charge is 0.355 e. The van der Waals surface area contributed by atoms with Gasteiger partial charge in [-0.2, -0.15) is 0 Å². The van der Waals surface area contributed by atoms with E-state index in [4.69, 9.17) is 0 Å². The van der Waals surface area contributed by atoms with Crippen molar-refractivity contribution in [2.45, 2.75) is 18.2 Å². The van der Waals surface area contributed by atoms with E-state index >= 15 is 0 Å². The molecule has 0 radical (unpaired) electrons. The summed E-state index contributed by atoms with van der Waals surface area (Å²) in [6.45, 7) is 3.95. The smallest absolute Gasteiger partial charge is 0.240 e. The highest BCUT2D eigenvalue weighted by Gasteiger charge is 2.13. The van der Waals surface area contributed by atoms with E-state index in [1.807, 2.05) is 6.92 Å². The minimum Gasteiger partial charge on any atom is -0.355 e. The highest BCUT2D eigenvalue weighted by atomic mass is 35.5. The van der Waals surface area contributed by atoms with Crippen LogP contribution in [-0.2, 0) is 14.8 Å². The van der Waals surface area contributed by atoms with Crippen molar-refractivity contribution in [2.24, 2.45) is 0 Å². The summed E-state index contributed by atoms with van der Waals surface area (Å²) in [5, 5.41) is 5.72. The number of hydrogen-bond acceptors (Lipinski definition) is 4. The lowest BCUT2D eigenvalue weighted by Crippen LogP contribution is -2.34. The molecular formula is C13H21ClFN3O3S. The van der Waals surface area contributed by atoms with Crippen LogP contribution in [0.1, 0.15) is 13.3 Å². The van der Waals surface area contributed by atoms with Crippen LogP contribution in [0.15, 0.2) is 29.2 Å². The molecule has 6 nitrogen and oxygen atoms in total. The van der Waals surface area contributed by atoms with Gasteiger partial charge in [0.05, 0.1) is 4.90 Å². The van der Waals surface area contributed by atoms with Crippen molar-refractivity contribution in [1.29, 1.82) is 0 Å². The van der Waals surface area contributed by atoms with Crippen LogP contribution >= 0.6 is 12.4 Å². The molecule has 1 rings (SSSR count). The third kappa shape index (κ3) is 7.69. The summed E-state index contributed by atoms with van der Waals surface area (Å²) in [5.41, 5.74) is 0. The van der Waals surface area contributed by atoms with Crippen LogP contribution in [0.25, 0.3) is 0 Å². The number of carbonyl (C=O) groups is 1. The van der Waals surface area contributed by atoms with Gasteiger partial charge in [-0.15, -0.1) is 12.4 Å². The Morgan fingerprint density at radius 3 is 2.36 bits per heavy atom. The Morgan fingerprint density at radius 1 is 1.14 bits per heavy atom. The molecule has 1 aromatic carbocycles. The van der Waals surface area contributed by atoms with E-state index < -0.39 is 15.8 Å². The molecule has 1 amide bonds. The van der Waals surface area contributed by atoms with Crippen molar-refractivity contribution < 1.29 is 17.6 Å². The fraction of sp³-hybridized carbons (Fsp3) is 0.462. The Hall–Kier alpha value is -1.22. The van der Waals surface area contributed by atoms with Crippen molar-refractivity contribution in [1.82, 2.24) is 15.4 Å². The Balaban J connectivity index is 0.00000441. The van der Waals surface area contributed by atoms with Gasteiger partial charge in [-0.05, 0) is 30.8 Å². The molecular weight excluding hydrogens is 333 g/mol. The van der Waals surface area contributed by atoms with Crippen LogP contribution < -0.4 is 15.4 Å². The second kappa shape index (κ2) is 10.5. The van der Waals surface area contributed by atoms with Gasteiger partial charge in [0.2, 0.25) is 15.9 Å². The van der Waals surface area contributed by atoms with Gasteiger partial charge < -0.3 is 10.6 Å². The van der Waals surface area contributed by atoms with Crippen molar-refractivity contribution in [3.05, 3.63) is 30.1 Å². The van der Waals surface area contributed by atoms with Gasteiger partial charge in [-0.3, -0.25) is 4.79 Å². The average molecular weight is 354 g/mol. The van der Waals surface area contributed by atoms with Crippen LogP contribution in [0.2, 0.25) is 0 Å². The van der Waals surface area contributed by atoms with E-state index in [2.05, 4.69) is 15.4 Å². The predicted molar refractivity (Wildman–Crippen MR) is 85.0 cm³/mol. The molecule has 0 saturated heterocycles. The third-order valence-corrected chi connectivity index (χ3v) is 4.12. The summed E-state index contributed by atoms with van der Waals surface area (Å²) in [5.74, 6) is -0.733. The Morgan fingerprint density at radius 2 is 1.77 bits per heavy atom. The zero-order valence-electron chi connectivity index (χ0n) is 12.3. The highest BCUT2D eigenvalue weighted by Crippen LogP contribution is 2.09. The van der Waals surface area contributed by atoms with Crippen LogP contribution in [-0.4, -0.2) is 40.5 Å². The number of benzene rings is 1. The number of likely N-dealkylation sites (N-methyl/N-ethyl adjacent to an activating group) is 1. The highest BCUT2D eigenvalue weighted by molar-refractivity contribution is 7.89. The van der Waals surface area contributed by atoms with Crippen LogP contribution in [0.4, 0.5) is 4.39 Å². The van der Waals surface area contributed by atoms with E-state index in [1.165, 1.54) is 12.1 Å². The molecule has 0 aliphatic rings. The molecule has 126 valence electrons. The zero-order valence-corrected chi connectivity index (χ0v) is 13.9. The number of nitrogens with one attached hydrogen (secondary N) is 3. The lowest BCUT2D eigenvalue weighted by molar-refractivity contribution is -0.120. The molecule has 0 bridgehead atoms. The second-order valence-electron chi connectivity index (χ2n) is 4.31. The lowest BCUT2D eigenvalue weighted by Gasteiger charge is -2.08. The Kier molecular flexibility index (Phi) is 9.91. The van der Waals surface area contributed by atoms with Gasteiger partial charge in [0.15, 0.2) is 0 Å². The molecule has 0 unspecified atom stereocenters. The standard InChI is InChI=1S/C13H20FN3O3S.ClH/c1-2-15-9-10-16-13(18)7-8-17-21(19,20)12-5-3-11(14)4-6-12;/h3-6,15,17H,2,7-10H2,1H3,(H,16,18);1H. The molecule has 1 aromatic rings. The molecule has 0 atom stereocenters. The Labute approximate surface area is 136 Å². The van der Waals surface area contributed by atoms with Crippen molar-refractivity contribution >= 4 is 28.3 Å². The van der Waals surface area contributed by atoms with Crippen LogP contribution in [0, 0.1) is 5.82 Å². The number of halogens is 2. The maximum absolute atomic E-state index is 12.7. The molecule has 0 saturated carbocycles. The normalized spacial score (nSPS) is 10.8. The summed E-state index contributed by atoms with van der Waals surface area (Å²) in [6.07, 6.45) is 0.0482. The van der Waals surface area contributed by atoms with Gasteiger partial charge in [-0.1, -0.05) is 6.92 Å². The first-order valence-electron chi connectivity index (χ1n) is 6.68. The topological polar surface area (TPSA) is 87.3 Å². The quantitative estimate of drug-likeness (QED) is 0.569. The number of hydrogen-bond donors (Lipinski definition) is 3. The average Bonchev–Trinajstić information content (AvgIpc) is 2.44. The summed E-state index contributed by atoms with van der Waals surface area (Å²) in [4.78, 5) is 11.4. The van der Waals surface area contributed by atoms with Gasteiger partial charge >= 0.3 is 0 Å². The summed E-state index contributed by atoms with van der Waals surface area (Å²) >= 11 is 0. The van der Waals surface area contributed by atoms with Gasteiger partial charge in [0.1, 0.15) is 5.82 Å². The van der Waals surface area contributed by atoms with E-state index in [9.17, 15) is 17.6 Å². The first-order chi connectivity index (χ1) is 9.95. The summed E-state index contributed by atoms with van der Waals surface area (Å²) in [7, 11) is -3.71. The van der Waals surface area contributed by atoms with E-state index in [0.29, 0.717) is 13.1 Å². The molecule has 0 aliphatic heterocycles. The SMILES string of the molecule is CCNCCNC(=O)CCNS(=O)(=O)c1ccc(F)cc1.Cl. The Bertz CT molecular complexity index is 552. The van der Waals surface area contributed by atoms with Gasteiger partial charge in [-0.25, -0.2) is 17.5 Å². The third-order valence-electron chi connectivity index (χ3n) is 2.64. The molecule has 0 aliphatic carbocycles. The van der Waals surface area contributed by atoms with Crippen molar-refractivity contribution in [3.63, 3.8) is 0 Å². The molecule has 0 fully saturated rings. The molecule has 22 heavy (non-hydrogen) atoms. The van der Waals surface area contributed by atoms with E-state index in [-0.39, 0.29) is 36.2 Å². The monoisotopic (exact) mass is 353 g/mol. The van der Waals surface area contributed by atoms with Crippen molar-refractivity contribution in [3.8, 4) is 0 Å². The van der Waals surface area contributed by atoms with E-state index in [1.54, 1.807) is 0 Å². The molecule has 3 N–H and O–H groups in total. The predicted octanol–water partition coefficient (Wildman–Crippen LogP) is 0.642. The number of sulfonamides is 1. The second-order valence-corrected chi connectivity index (χ2v) is 6.07. The van der Waals surface area contributed by atoms with Crippen LogP contribution in [0.5, 0.6) is 0 Å². The first kappa shape index (κ1) is 20.8. The fourth-order valence-electron chi connectivity index (χ4n) is 1.55. The first-order valence-corrected chi connectivity index (χ1v) is 8.16. The maximum Gasteiger partial charge on any atom is 0.240 e. The van der Waals surface area contributed by atoms with Crippen LogP contribution in [0.3, 0.4) is 0 Å².